The lowest BCUT2D eigenvalue weighted by Gasteiger charge is -2.05. The standard InChI is InChI=1S/C14H18BrClN3O3S2/c1-23(2)7-6-22-9-19-14(24(3,20)21)17-13(18-19)11-5-4-10(15)8-12(11)16/h4-5,8H,6-7,9H2,1-3H3/q+1. The number of nitrogens with zero attached hydrogens (tertiary/aromatic N) is 3. The fraction of sp³-hybridized carbons (Fsp3) is 0.429. The fourth-order valence-electron chi connectivity index (χ4n) is 1.85. The van der Waals surface area contributed by atoms with Gasteiger partial charge in [-0.2, -0.15) is 4.98 Å². The maximum Gasteiger partial charge on any atom is 0.248 e. The topological polar surface area (TPSA) is 74.1 Å². The number of sulfone groups is 1. The van der Waals surface area contributed by atoms with Crippen molar-refractivity contribution in [3.05, 3.63) is 27.7 Å². The average molecular weight is 456 g/mol. The smallest absolute Gasteiger partial charge is 0.248 e. The molecular weight excluding hydrogens is 438 g/mol. The van der Waals surface area contributed by atoms with Crippen LogP contribution in [0.4, 0.5) is 0 Å². The van der Waals surface area contributed by atoms with Crippen molar-refractivity contribution in [1.29, 1.82) is 0 Å². The number of rotatable bonds is 7. The molecule has 0 saturated carbocycles. The van der Waals surface area contributed by atoms with Crippen LogP contribution in [-0.4, -0.2) is 54.3 Å². The summed E-state index contributed by atoms with van der Waals surface area (Å²) in [6, 6.07) is 5.23. The van der Waals surface area contributed by atoms with Crippen LogP contribution in [0.3, 0.4) is 0 Å². The van der Waals surface area contributed by atoms with Crippen molar-refractivity contribution in [2.75, 3.05) is 31.1 Å². The van der Waals surface area contributed by atoms with Crippen molar-refractivity contribution in [3.63, 3.8) is 0 Å². The molecule has 0 aliphatic heterocycles. The van der Waals surface area contributed by atoms with Gasteiger partial charge in [-0.25, -0.2) is 13.1 Å². The molecule has 0 spiro atoms. The van der Waals surface area contributed by atoms with E-state index in [-0.39, 0.29) is 28.6 Å². The summed E-state index contributed by atoms with van der Waals surface area (Å²) in [5, 5.41) is 4.56. The molecule has 0 aliphatic rings. The molecule has 1 aromatic carbocycles. The Hall–Kier alpha value is -0.610. The Morgan fingerprint density at radius 3 is 2.67 bits per heavy atom. The van der Waals surface area contributed by atoms with Crippen LogP contribution in [-0.2, 0) is 32.2 Å². The molecule has 24 heavy (non-hydrogen) atoms. The summed E-state index contributed by atoms with van der Waals surface area (Å²) in [6.07, 6.45) is 5.33. The molecule has 2 rings (SSSR count). The first-order chi connectivity index (χ1) is 11.2. The van der Waals surface area contributed by atoms with Crippen LogP contribution in [0.2, 0.25) is 5.02 Å². The maximum atomic E-state index is 12.0. The van der Waals surface area contributed by atoms with E-state index in [9.17, 15) is 8.42 Å². The second-order valence-corrected chi connectivity index (χ2v) is 11.0. The predicted molar refractivity (Wildman–Crippen MR) is 101 cm³/mol. The van der Waals surface area contributed by atoms with Gasteiger partial charge in [0.15, 0.2) is 5.82 Å². The van der Waals surface area contributed by atoms with Gasteiger partial charge in [0, 0.05) is 16.3 Å². The molecule has 132 valence electrons. The van der Waals surface area contributed by atoms with Crippen LogP contribution in [0.15, 0.2) is 27.8 Å². The average Bonchev–Trinajstić information content (AvgIpc) is 2.87. The highest BCUT2D eigenvalue weighted by Gasteiger charge is 2.21. The molecule has 10 heteroatoms. The molecule has 0 unspecified atom stereocenters. The highest BCUT2D eigenvalue weighted by molar-refractivity contribution is 9.10. The number of benzene rings is 1. The van der Waals surface area contributed by atoms with E-state index in [1.807, 2.05) is 0 Å². The molecule has 1 heterocycles. The van der Waals surface area contributed by atoms with Crippen LogP contribution in [0.5, 0.6) is 0 Å². The molecule has 0 fully saturated rings. The highest BCUT2D eigenvalue weighted by Crippen LogP contribution is 2.29. The van der Waals surface area contributed by atoms with Gasteiger partial charge in [0.1, 0.15) is 12.5 Å². The molecule has 0 saturated heterocycles. The number of halogens is 2. The zero-order valence-electron chi connectivity index (χ0n) is 13.5. The first kappa shape index (κ1) is 19.7. The van der Waals surface area contributed by atoms with E-state index in [2.05, 4.69) is 38.5 Å². The molecule has 1 aromatic heterocycles. The van der Waals surface area contributed by atoms with Gasteiger partial charge in [0.25, 0.3) is 0 Å². The summed E-state index contributed by atoms with van der Waals surface area (Å²) < 4.78 is 31.5. The fourth-order valence-corrected chi connectivity index (χ4v) is 3.79. The van der Waals surface area contributed by atoms with Gasteiger partial charge in [0.05, 0.1) is 24.1 Å². The van der Waals surface area contributed by atoms with E-state index in [1.54, 1.807) is 18.2 Å². The van der Waals surface area contributed by atoms with Gasteiger partial charge >= 0.3 is 0 Å². The number of ether oxygens (including phenoxy) is 1. The predicted octanol–water partition coefficient (Wildman–Crippen LogP) is 2.62. The monoisotopic (exact) mass is 454 g/mol. The van der Waals surface area contributed by atoms with Crippen molar-refractivity contribution < 1.29 is 13.2 Å². The first-order valence-electron chi connectivity index (χ1n) is 6.90. The Morgan fingerprint density at radius 2 is 2.08 bits per heavy atom. The minimum Gasteiger partial charge on any atom is -0.354 e. The summed E-state index contributed by atoms with van der Waals surface area (Å²) in [6.45, 7) is 0.564. The molecule has 0 amide bonds. The number of hydrogen-bond acceptors (Lipinski definition) is 5. The van der Waals surface area contributed by atoms with Gasteiger partial charge in [-0.3, -0.25) is 0 Å². The molecule has 6 nitrogen and oxygen atoms in total. The Bertz CT molecular complexity index is 825. The zero-order chi connectivity index (χ0) is 17.9. The van der Waals surface area contributed by atoms with Gasteiger partial charge < -0.3 is 4.74 Å². The summed E-state index contributed by atoms with van der Waals surface area (Å²) in [4.78, 5) is 4.14. The van der Waals surface area contributed by atoms with Gasteiger partial charge in [-0.15, -0.1) is 5.10 Å². The summed E-state index contributed by atoms with van der Waals surface area (Å²) >= 11 is 9.53. The van der Waals surface area contributed by atoms with E-state index in [0.717, 1.165) is 16.5 Å². The highest BCUT2D eigenvalue weighted by atomic mass is 79.9. The van der Waals surface area contributed by atoms with E-state index in [1.165, 1.54) is 4.68 Å². The third kappa shape index (κ3) is 5.19. The SMILES string of the molecule is C[S+](C)CCOCn1nc(-c2ccc(Br)cc2Cl)nc1S(C)(=O)=O. The molecule has 0 aliphatic carbocycles. The third-order valence-electron chi connectivity index (χ3n) is 2.99. The molecule has 2 aromatic rings. The lowest BCUT2D eigenvalue weighted by molar-refractivity contribution is 0.0738. The minimum atomic E-state index is -3.54. The van der Waals surface area contributed by atoms with Crippen LogP contribution >= 0.6 is 27.5 Å². The number of hydrogen-bond donors (Lipinski definition) is 0. The summed E-state index contributed by atoms with van der Waals surface area (Å²) in [5.74, 6) is 1.16. The second kappa shape index (κ2) is 8.18. The van der Waals surface area contributed by atoms with Crippen molar-refractivity contribution in [2.45, 2.75) is 11.9 Å². The second-order valence-electron chi connectivity index (χ2n) is 5.34. The largest absolute Gasteiger partial charge is 0.354 e. The first-order valence-corrected chi connectivity index (χ1v) is 12.2. The zero-order valence-corrected chi connectivity index (χ0v) is 17.5. The van der Waals surface area contributed by atoms with Gasteiger partial charge in [-0.05, 0) is 29.1 Å². The van der Waals surface area contributed by atoms with Crippen molar-refractivity contribution in [3.8, 4) is 11.4 Å². The van der Waals surface area contributed by atoms with Gasteiger partial charge in [-0.1, -0.05) is 27.5 Å². The Balaban J connectivity index is 2.31. The Kier molecular flexibility index (Phi) is 6.72. The van der Waals surface area contributed by atoms with Crippen molar-refractivity contribution >= 4 is 48.3 Å². The molecule has 0 radical (unpaired) electrons. The Morgan fingerprint density at radius 1 is 1.38 bits per heavy atom. The number of aromatic nitrogens is 3. The van der Waals surface area contributed by atoms with Gasteiger partial charge in [0.2, 0.25) is 15.0 Å². The van der Waals surface area contributed by atoms with Crippen molar-refractivity contribution in [1.82, 2.24) is 14.8 Å². The quantitative estimate of drug-likeness (QED) is 0.474. The van der Waals surface area contributed by atoms with E-state index in [0.29, 0.717) is 17.2 Å². The normalized spacial score (nSPS) is 12.1. The summed E-state index contributed by atoms with van der Waals surface area (Å²) in [5.41, 5.74) is 0.562. The van der Waals surface area contributed by atoms with Crippen LogP contribution in [0.1, 0.15) is 0 Å². The van der Waals surface area contributed by atoms with Crippen molar-refractivity contribution in [2.24, 2.45) is 0 Å². The van der Waals surface area contributed by atoms with E-state index >= 15 is 0 Å². The molecule has 0 N–H and O–H groups in total. The van der Waals surface area contributed by atoms with E-state index in [4.69, 9.17) is 16.3 Å². The van der Waals surface area contributed by atoms with Crippen LogP contribution in [0.25, 0.3) is 11.4 Å². The molecular formula is C14H18BrClN3O3S2+. The molecule has 0 bridgehead atoms. The Labute approximate surface area is 158 Å². The molecule has 0 atom stereocenters. The van der Waals surface area contributed by atoms with Crippen LogP contribution < -0.4 is 0 Å². The lowest BCUT2D eigenvalue weighted by atomic mass is 10.2. The maximum absolute atomic E-state index is 12.0. The summed E-state index contributed by atoms with van der Waals surface area (Å²) in [7, 11) is -3.27. The van der Waals surface area contributed by atoms with E-state index < -0.39 is 9.84 Å². The lowest BCUT2D eigenvalue weighted by Crippen LogP contribution is -2.15. The minimum absolute atomic E-state index is 0.0285. The third-order valence-corrected chi connectivity index (χ3v) is 5.75. The van der Waals surface area contributed by atoms with Crippen LogP contribution in [0, 0.1) is 0 Å².